The lowest BCUT2D eigenvalue weighted by molar-refractivity contribution is 0.0983. The Morgan fingerprint density at radius 3 is 2.22 bits per heavy atom. The standard InChI is InChI=1S/C10H9Cl2N3O3/c1-17-7-4-3(10(16)14-9(4)15-13)5(11)8(18-2)6(7)12/h13H2,1-2H3,(H,14,15,16). The Bertz CT molecular complexity index is 572. The van der Waals surface area contributed by atoms with Crippen molar-refractivity contribution >= 4 is 34.9 Å². The SMILES string of the molecule is COc1c(Cl)c(OC)c2c(c1Cl)C(=O)NC2=NN. The second-order valence-electron chi connectivity index (χ2n) is 3.38. The number of amidine groups is 1. The maximum absolute atomic E-state index is 11.8. The minimum atomic E-state index is -0.438. The van der Waals surface area contributed by atoms with Crippen molar-refractivity contribution in [1.82, 2.24) is 5.32 Å². The van der Waals surface area contributed by atoms with Crippen LogP contribution in [0.4, 0.5) is 0 Å². The van der Waals surface area contributed by atoms with Gasteiger partial charge in [-0.2, -0.15) is 5.10 Å². The summed E-state index contributed by atoms with van der Waals surface area (Å²) >= 11 is 12.2. The summed E-state index contributed by atoms with van der Waals surface area (Å²) in [4.78, 5) is 11.8. The van der Waals surface area contributed by atoms with Crippen LogP contribution in [0.1, 0.15) is 15.9 Å². The number of nitrogens with zero attached hydrogens (tertiary/aromatic N) is 1. The van der Waals surface area contributed by atoms with Gasteiger partial charge >= 0.3 is 0 Å². The summed E-state index contributed by atoms with van der Waals surface area (Å²) in [7, 11) is 2.80. The van der Waals surface area contributed by atoms with Crippen molar-refractivity contribution in [3.05, 3.63) is 21.2 Å². The normalized spacial score (nSPS) is 15.6. The van der Waals surface area contributed by atoms with E-state index in [4.69, 9.17) is 38.5 Å². The Kier molecular flexibility index (Phi) is 3.23. The van der Waals surface area contributed by atoms with Crippen molar-refractivity contribution < 1.29 is 14.3 Å². The molecule has 1 aromatic rings. The number of rotatable bonds is 2. The molecule has 8 heteroatoms. The first-order valence-electron chi connectivity index (χ1n) is 4.79. The van der Waals surface area contributed by atoms with Crippen molar-refractivity contribution in [1.29, 1.82) is 0 Å². The van der Waals surface area contributed by atoms with Crippen molar-refractivity contribution in [2.45, 2.75) is 0 Å². The van der Waals surface area contributed by atoms with E-state index in [1.54, 1.807) is 0 Å². The minimum Gasteiger partial charge on any atom is -0.494 e. The van der Waals surface area contributed by atoms with Crippen LogP contribution in [-0.2, 0) is 0 Å². The summed E-state index contributed by atoms with van der Waals surface area (Å²) in [6, 6.07) is 0. The molecule has 0 fully saturated rings. The van der Waals surface area contributed by atoms with Crippen LogP contribution in [0.2, 0.25) is 10.0 Å². The third kappa shape index (κ3) is 1.57. The number of fused-ring (bicyclic) bond motifs is 1. The molecule has 0 spiro atoms. The van der Waals surface area contributed by atoms with Crippen LogP contribution in [0.15, 0.2) is 5.10 Å². The number of halogens is 2. The van der Waals surface area contributed by atoms with Gasteiger partial charge in [-0.3, -0.25) is 4.79 Å². The maximum atomic E-state index is 11.8. The second-order valence-corrected chi connectivity index (χ2v) is 4.13. The molecule has 3 N–H and O–H groups in total. The summed E-state index contributed by atoms with van der Waals surface area (Å²) in [5.41, 5.74) is 0.514. The molecule has 0 saturated heterocycles. The first-order valence-corrected chi connectivity index (χ1v) is 5.54. The van der Waals surface area contributed by atoms with Gasteiger partial charge in [-0.05, 0) is 0 Å². The van der Waals surface area contributed by atoms with E-state index in [0.29, 0.717) is 5.56 Å². The Hall–Kier alpha value is -1.66. The maximum Gasteiger partial charge on any atom is 0.259 e. The topological polar surface area (TPSA) is 85.9 Å². The van der Waals surface area contributed by atoms with E-state index in [9.17, 15) is 4.79 Å². The van der Waals surface area contributed by atoms with Gasteiger partial charge in [0, 0.05) is 0 Å². The molecule has 1 aliphatic heterocycles. The van der Waals surface area contributed by atoms with Crippen LogP contribution in [-0.4, -0.2) is 26.0 Å². The van der Waals surface area contributed by atoms with E-state index in [-0.39, 0.29) is 32.9 Å². The molecule has 0 aromatic heterocycles. The fourth-order valence-corrected chi connectivity index (χ4v) is 2.53. The quantitative estimate of drug-likeness (QED) is 0.636. The van der Waals surface area contributed by atoms with Gasteiger partial charge in [0.1, 0.15) is 5.02 Å². The number of methoxy groups -OCH3 is 2. The highest BCUT2D eigenvalue weighted by atomic mass is 35.5. The number of amides is 1. The number of hydrogen-bond donors (Lipinski definition) is 2. The summed E-state index contributed by atoms with van der Waals surface area (Å²) in [5.74, 6) is 5.32. The highest BCUT2D eigenvalue weighted by molar-refractivity contribution is 6.43. The fraction of sp³-hybridized carbons (Fsp3) is 0.200. The molecule has 0 saturated carbocycles. The first-order chi connectivity index (χ1) is 8.56. The smallest absolute Gasteiger partial charge is 0.259 e. The van der Waals surface area contributed by atoms with Crippen molar-refractivity contribution in [3.8, 4) is 11.5 Å². The Labute approximate surface area is 113 Å². The van der Waals surface area contributed by atoms with Crippen LogP contribution >= 0.6 is 23.2 Å². The number of hydrogen-bond acceptors (Lipinski definition) is 5. The molecule has 18 heavy (non-hydrogen) atoms. The lowest BCUT2D eigenvalue weighted by atomic mass is 10.1. The van der Waals surface area contributed by atoms with Gasteiger partial charge in [0.25, 0.3) is 5.91 Å². The van der Waals surface area contributed by atoms with Crippen LogP contribution in [0, 0.1) is 0 Å². The molecule has 2 rings (SSSR count). The zero-order valence-electron chi connectivity index (χ0n) is 9.51. The number of nitrogens with two attached hydrogens (primary N) is 1. The first kappa shape index (κ1) is 12.8. The Morgan fingerprint density at radius 2 is 1.72 bits per heavy atom. The molecular weight excluding hydrogens is 281 g/mol. The average molecular weight is 290 g/mol. The predicted molar refractivity (Wildman–Crippen MR) is 67.8 cm³/mol. The molecule has 1 aliphatic rings. The van der Waals surface area contributed by atoms with Crippen LogP contribution in [0.3, 0.4) is 0 Å². The minimum absolute atomic E-state index is 0.0921. The number of benzene rings is 1. The summed E-state index contributed by atoms with van der Waals surface area (Å²) in [6.45, 7) is 0. The monoisotopic (exact) mass is 289 g/mol. The zero-order valence-corrected chi connectivity index (χ0v) is 11.0. The Balaban J connectivity index is 2.90. The molecule has 0 atom stereocenters. The summed E-state index contributed by atoms with van der Waals surface area (Å²) in [5, 5.41) is 6.19. The van der Waals surface area contributed by atoms with E-state index in [0.717, 1.165) is 0 Å². The van der Waals surface area contributed by atoms with Crippen LogP contribution in [0.25, 0.3) is 0 Å². The van der Waals surface area contributed by atoms with E-state index in [2.05, 4.69) is 10.4 Å². The largest absolute Gasteiger partial charge is 0.494 e. The van der Waals surface area contributed by atoms with E-state index in [1.807, 2.05) is 0 Å². The number of nitrogens with one attached hydrogen (secondary N) is 1. The molecule has 0 radical (unpaired) electrons. The molecule has 96 valence electrons. The molecule has 1 aromatic carbocycles. The van der Waals surface area contributed by atoms with E-state index in [1.165, 1.54) is 14.2 Å². The van der Waals surface area contributed by atoms with Gasteiger partial charge in [0.15, 0.2) is 17.3 Å². The van der Waals surface area contributed by atoms with Gasteiger partial charge in [-0.25, -0.2) is 0 Å². The number of hydrazone groups is 1. The summed E-state index contributed by atoms with van der Waals surface area (Å²) < 4.78 is 10.2. The molecule has 0 aliphatic carbocycles. The fourth-order valence-electron chi connectivity index (χ4n) is 1.79. The Morgan fingerprint density at radius 1 is 1.11 bits per heavy atom. The molecule has 0 bridgehead atoms. The zero-order chi connectivity index (χ0) is 13.4. The highest BCUT2D eigenvalue weighted by Gasteiger charge is 2.36. The van der Waals surface area contributed by atoms with Gasteiger partial charge in [-0.1, -0.05) is 23.2 Å². The third-order valence-corrected chi connectivity index (χ3v) is 3.23. The predicted octanol–water partition coefficient (Wildman–Crippen LogP) is 1.37. The average Bonchev–Trinajstić information content (AvgIpc) is 2.68. The van der Waals surface area contributed by atoms with Crippen molar-refractivity contribution in [2.24, 2.45) is 10.9 Å². The van der Waals surface area contributed by atoms with Gasteiger partial charge in [0.2, 0.25) is 0 Å². The van der Waals surface area contributed by atoms with Gasteiger partial charge in [0.05, 0.1) is 30.4 Å². The molecular formula is C10H9Cl2N3O3. The molecule has 1 heterocycles. The van der Waals surface area contributed by atoms with Crippen LogP contribution < -0.4 is 20.6 Å². The van der Waals surface area contributed by atoms with E-state index < -0.39 is 5.91 Å². The third-order valence-electron chi connectivity index (χ3n) is 2.53. The highest BCUT2D eigenvalue weighted by Crippen LogP contribution is 2.46. The lowest BCUT2D eigenvalue weighted by Crippen LogP contribution is -2.22. The molecule has 1 amide bonds. The summed E-state index contributed by atoms with van der Waals surface area (Å²) in [6.07, 6.45) is 0. The number of carbonyl (C=O) groups is 1. The molecule has 0 unspecified atom stereocenters. The van der Waals surface area contributed by atoms with Crippen molar-refractivity contribution in [3.63, 3.8) is 0 Å². The van der Waals surface area contributed by atoms with E-state index >= 15 is 0 Å². The lowest BCUT2D eigenvalue weighted by Gasteiger charge is -2.13. The van der Waals surface area contributed by atoms with Crippen molar-refractivity contribution in [2.75, 3.05) is 14.2 Å². The molecule has 6 nitrogen and oxygen atoms in total. The second kappa shape index (κ2) is 4.55. The number of carbonyl (C=O) groups excluding carboxylic acids is 1. The van der Waals surface area contributed by atoms with Gasteiger partial charge in [-0.15, -0.1) is 0 Å². The number of ether oxygens (including phenoxy) is 2. The van der Waals surface area contributed by atoms with Gasteiger partial charge < -0.3 is 20.6 Å². The van der Waals surface area contributed by atoms with Crippen LogP contribution in [0.5, 0.6) is 11.5 Å².